The summed E-state index contributed by atoms with van der Waals surface area (Å²) in [6.45, 7) is 1.62. The fraction of sp³-hybridized carbons (Fsp3) is 0.667. The van der Waals surface area contributed by atoms with Crippen molar-refractivity contribution in [1.82, 2.24) is 0 Å². The lowest BCUT2D eigenvalue weighted by atomic mass is 10.2. The van der Waals surface area contributed by atoms with Crippen molar-refractivity contribution in [3.63, 3.8) is 0 Å². The smallest absolute Gasteiger partial charge is 0.175 e. The molecule has 0 fully saturated rings. The Kier molecular flexibility index (Phi) is 3.65. The molecule has 0 heterocycles. The van der Waals surface area contributed by atoms with E-state index in [0.717, 1.165) is 0 Å². The van der Waals surface area contributed by atoms with Crippen LogP contribution >= 0.6 is 0 Å². The Hall–Kier alpha value is -0.880. The number of rotatable bonds is 3. The van der Waals surface area contributed by atoms with E-state index >= 15 is 0 Å². The maximum Gasteiger partial charge on any atom is 0.175 e. The van der Waals surface area contributed by atoms with Crippen molar-refractivity contribution < 1.29 is 9.53 Å². The van der Waals surface area contributed by atoms with Gasteiger partial charge < -0.3 is 4.74 Å². The number of methoxy groups -OCH3 is 1. The van der Waals surface area contributed by atoms with Gasteiger partial charge in [-0.25, -0.2) is 0 Å². The molecule has 0 saturated carbocycles. The average Bonchev–Trinajstić information content (AvgIpc) is 1.87. The van der Waals surface area contributed by atoms with Crippen molar-refractivity contribution in [3.8, 4) is 6.07 Å². The number of nitriles is 1. The summed E-state index contributed by atoms with van der Waals surface area (Å²) in [5, 5.41) is 8.05. The van der Waals surface area contributed by atoms with E-state index in [-0.39, 0.29) is 12.2 Å². The summed E-state index contributed by atoms with van der Waals surface area (Å²) < 4.78 is 4.66. The summed E-state index contributed by atoms with van der Waals surface area (Å²) >= 11 is 0. The van der Waals surface area contributed by atoms with E-state index in [1.165, 1.54) is 7.11 Å². The fourth-order valence-electron chi connectivity index (χ4n) is 0.353. The molecule has 0 saturated heterocycles. The number of ether oxygens (including phenoxy) is 1. The van der Waals surface area contributed by atoms with Crippen LogP contribution in [0.15, 0.2) is 0 Å². The Morgan fingerprint density at radius 2 is 2.44 bits per heavy atom. The first kappa shape index (κ1) is 8.12. The zero-order chi connectivity index (χ0) is 7.28. The zero-order valence-electron chi connectivity index (χ0n) is 5.55. The van der Waals surface area contributed by atoms with Crippen LogP contribution in [0.1, 0.15) is 13.3 Å². The van der Waals surface area contributed by atoms with Crippen LogP contribution in [0.3, 0.4) is 0 Å². The van der Waals surface area contributed by atoms with Crippen LogP contribution in [-0.2, 0) is 9.53 Å². The van der Waals surface area contributed by atoms with Crippen LogP contribution in [0.2, 0.25) is 0 Å². The molecular weight excluding hydrogens is 118 g/mol. The van der Waals surface area contributed by atoms with Crippen molar-refractivity contribution in [1.29, 1.82) is 5.26 Å². The third-order valence-corrected chi connectivity index (χ3v) is 1.06. The van der Waals surface area contributed by atoms with E-state index in [2.05, 4.69) is 4.74 Å². The topological polar surface area (TPSA) is 50.1 Å². The minimum atomic E-state index is -0.440. The molecule has 0 aliphatic carbocycles. The van der Waals surface area contributed by atoms with Crippen molar-refractivity contribution in [2.24, 2.45) is 0 Å². The van der Waals surface area contributed by atoms with E-state index in [4.69, 9.17) is 5.26 Å². The van der Waals surface area contributed by atoms with Gasteiger partial charge in [-0.05, 0) is 6.92 Å². The molecule has 50 valence electrons. The molecule has 3 nitrogen and oxygen atoms in total. The zero-order valence-corrected chi connectivity index (χ0v) is 5.55. The van der Waals surface area contributed by atoms with Gasteiger partial charge in [-0.1, -0.05) is 0 Å². The minimum Gasteiger partial charge on any atom is -0.374 e. The van der Waals surface area contributed by atoms with E-state index < -0.39 is 6.10 Å². The Labute approximate surface area is 54.2 Å². The van der Waals surface area contributed by atoms with Crippen molar-refractivity contribution in [2.45, 2.75) is 19.4 Å². The Morgan fingerprint density at radius 1 is 1.89 bits per heavy atom. The van der Waals surface area contributed by atoms with Gasteiger partial charge in [0.05, 0.1) is 12.5 Å². The molecule has 0 bridgehead atoms. The molecule has 0 rings (SSSR count). The van der Waals surface area contributed by atoms with Gasteiger partial charge in [0.25, 0.3) is 0 Å². The maximum atomic E-state index is 10.6. The average molecular weight is 127 g/mol. The molecule has 0 aromatic heterocycles. The van der Waals surface area contributed by atoms with Gasteiger partial charge in [0.2, 0.25) is 0 Å². The molecule has 0 radical (unpaired) electrons. The molecule has 0 amide bonds. The molecule has 0 aliphatic heterocycles. The normalized spacial score (nSPS) is 12.1. The van der Waals surface area contributed by atoms with Crippen LogP contribution in [-0.4, -0.2) is 19.0 Å². The Balaban J connectivity index is 3.62. The monoisotopic (exact) mass is 127 g/mol. The van der Waals surface area contributed by atoms with E-state index in [1.807, 2.05) is 0 Å². The highest BCUT2D eigenvalue weighted by Crippen LogP contribution is 1.92. The Morgan fingerprint density at radius 3 is 2.78 bits per heavy atom. The number of carbonyl (C=O) groups is 1. The molecule has 9 heavy (non-hydrogen) atoms. The SMILES string of the molecule is CO[C@H](C)C(=O)CC#N. The maximum absolute atomic E-state index is 10.6. The second-order valence-corrected chi connectivity index (χ2v) is 1.68. The first-order valence-electron chi connectivity index (χ1n) is 2.64. The van der Waals surface area contributed by atoms with E-state index in [0.29, 0.717) is 0 Å². The van der Waals surface area contributed by atoms with Gasteiger partial charge in [-0.15, -0.1) is 0 Å². The lowest BCUT2D eigenvalue weighted by Gasteiger charge is -2.02. The van der Waals surface area contributed by atoms with E-state index in [1.54, 1.807) is 13.0 Å². The standard InChI is InChI=1S/C6H9NO2/c1-5(9-2)6(8)3-4-7/h5H,3H2,1-2H3/t5-/m1/s1. The first-order chi connectivity index (χ1) is 4.22. The predicted octanol–water partition coefficient (Wildman–Crippen LogP) is 0.504. The van der Waals surface area contributed by atoms with Crippen molar-refractivity contribution in [2.75, 3.05) is 7.11 Å². The van der Waals surface area contributed by atoms with Crippen molar-refractivity contribution >= 4 is 5.78 Å². The molecule has 0 N–H and O–H groups in total. The van der Waals surface area contributed by atoms with Crippen LogP contribution < -0.4 is 0 Å². The summed E-state index contributed by atoms with van der Waals surface area (Å²) in [5.41, 5.74) is 0. The van der Waals surface area contributed by atoms with Crippen LogP contribution in [0.25, 0.3) is 0 Å². The summed E-state index contributed by atoms with van der Waals surface area (Å²) in [4.78, 5) is 10.6. The van der Waals surface area contributed by atoms with E-state index in [9.17, 15) is 4.79 Å². The predicted molar refractivity (Wildman–Crippen MR) is 31.7 cm³/mol. The fourth-order valence-corrected chi connectivity index (χ4v) is 0.353. The molecule has 0 aromatic carbocycles. The number of carbonyl (C=O) groups excluding carboxylic acids is 1. The Bertz CT molecular complexity index is 136. The van der Waals surface area contributed by atoms with Crippen molar-refractivity contribution in [3.05, 3.63) is 0 Å². The van der Waals surface area contributed by atoms with Gasteiger partial charge in [0.1, 0.15) is 6.10 Å². The summed E-state index contributed by atoms with van der Waals surface area (Å²) in [5.74, 6) is -0.167. The number of Topliss-reactive ketones (excluding diaryl/α,β-unsaturated/α-hetero) is 1. The quantitative estimate of drug-likeness (QED) is 0.554. The summed E-state index contributed by atoms with van der Waals surface area (Å²) in [6, 6.07) is 1.75. The summed E-state index contributed by atoms with van der Waals surface area (Å²) in [7, 11) is 1.44. The number of hydrogen-bond donors (Lipinski definition) is 0. The van der Waals surface area contributed by atoms with Crippen LogP contribution in [0.5, 0.6) is 0 Å². The largest absolute Gasteiger partial charge is 0.374 e. The second-order valence-electron chi connectivity index (χ2n) is 1.68. The highest BCUT2D eigenvalue weighted by atomic mass is 16.5. The lowest BCUT2D eigenvalue weighted by Crippen LogP contribution is -2.17. The molecule has 0 aliphatic rings. The minimum absolute atomic E-state index is 0.0605. The van der Waals surface area contributed by atoms with Crippen LogP contribution in [0, 0.1) is 11.3 Å². The first-order valence-corrected chi connectivity index (χ1v) is 2.64. The van der Waals surface area contributed by atoms with Gasteiger partial charge in [-0.3, -0.25) is 4.79 Å². The van der Waals surface area contributed by atoms with Crippen LogP contribution in [0.4, 0.5) is 0 Å². The molecule has 0 aromatic rings. The summed E-state index contributed by atoms with van der Waals surface area (Å²) in [6.07, 6.45) is -0.501. The van der Waals surface area contributed by atoms with Gasteiger partial charge in [0.15, 0.2) is 5.78 Å². The highest BCUT2D eigenvalue weighted by Gasteiger charge is 2.09. The highest BCUT2D eigenvalue weighted by molar-refractivity contribution is 5.84. The number of ketones is 1. The molecule has 3 heteroatoms. The second kappa shape index (κ2) is 4.04. The molecule has 0 unspecified atom stereocenters. The van der Waals surface area contributed by atoms with Gasteiger partial charge >= 0.3 is 0 Å². The molecule has 0 spiro atoms. The van der Waals surface area contributed by atoms with Gasteiger partial charge in [-0.2, -0.15) is 5.26 Å². The van der Waals surface area contributed by atoms with Gasteiger partial charge in [0, 0.05) is 7.11 Å². The number of nitrogens with zero attached hydrogens (tertiary/aromatic N) is 1. The third kappa shape index (κ3) is 2.83. The lowest BCUT2D eigenvalue weighted by molar-refractivity contribution is -0.126. The molecule has 1 atom stereocenters. The third-order valence-electron chi connectivity index (χ3n) is 1.06. The molecular formula is C6H9NO2. The number of hydrogen-bond acceptors (Lipinski definition) is 3.